The molecule has 0 saturated heterocycles. The first kappa shape index (κ1) is 16.6. The van der Waals surface area contributed by atoms with Crippen LogP contribution in [0.3, 0.4) is 0 Å². The molecule has 0 aliphatic rings. The fraction of sp³-hybridized carbons (Fsp3) is 0.533. The Morgan fingerprint density at radius 1 is 1.45 bits per heavy atom. The average Bonchev–Trinajstić information content (AvgIpc) is 2.42. The molecule has 0 spiro atoms. The molecule has 2 unspecified atom stereocenters. The molecule has 0 aliphatic heterocycles. The molecule has 1 aromatic carbocycles. The SMILES string of the molecule is COCCC(C)C(=O)NCC(C)(O)c1ccc(F)cc1. The van der Waals surface area contributed by atoms with Crippen LogP contribution in [-0.4, -0.2) is 31.3 Å². The van der Waals surface area contributed by atoms with Gasteiger partial charge >= 0.3 is 0 Å². The molecule has 1 amide bonds. The van der Waals surface area contributed by atoms with Crippen LogP contribution in [0, 0.1) is 11.7 Å². The van der Waals surface area contributed by atoms with Gasteiger partial charge in [-0.3, -0.25) is 4.79 Å². The highest BCUT2D eigenvalue weighted by atomic mass is 19.1. The first-order valence-corrected chi connectivity index (χ1v) is 6.62. The number of carbonyl (C=O) groups is 1. The third-order valence-corrected chi connectivity index (χ3v) is 3.28. The first-order chi connectivity index (χ1) is 9.36. The Kier molecular flexibility index (Phi) is 6.10. The standard InChI is InChI=1S/C15H22FNO3/c1-11(8-9-20-3)14(18)17-10-15(2,19)12-4-6-13(16)7-5-12/h4-7,11,19H,8-10H2,1-3H3,(H,17,18). The molecule has 0 aliphatic carbocycles. The first-order valence-electron chi connectivity index (χ1n) is 6.62. The number of amides is 1. The van der Waals surface area contributed by atoms with Gasteiger partial charge in [0.25, 0.3) is 0 Å². The lowest BCUT2D eigenvalue weighted by molar-refractivity contribution is -0.126. The molecule has 0 radical (unpaired) electrons. The Morgan fingerprint density at radius 2 is 2.05 bits per heavy atom. The molecule has 0 bridgehead atoms. The van der Waals surface area contributed by atoms with E-state index in [4.69, 9.17) is 4.74 Å². The van der Waals surface area contributed by atoms with Gasteiger partial charge in [-0.25, -0.2) is 4.39 Å². The summed E-state index contributed by atoms with van der Waals surface area (Å²) in [5, 5.41) is 13.0. The molecule has 2 atom stereocenters. The minimum absolute atomic E-state index is 0.0782. The van der Waals surface area contributed by atoms with Crippen LogP contribution in [0.5, 0.6) is 0 Å². The summed E-state index contributed by atoms with van der Waals surface area (Å²) in [4.78, 5) is 11.8. The minimum Gasteiger partial charge on any atom is -0.385 e. The van der Waals surface area contributed by atoms with E-state index < -0.39 is 5.60 Å². The maximum Gasteiger partial charge on any atom is 0.223 e. The lowest BCUT2D eigenvalue weighted by Gasteiger charge is -2.25. The van der Waals surface area contributed by atoms with Crippen molar-refractivity contribution in [2.75, 3.05) is 20.3 Å². The Labute approximate surface area is 119 Å². The van der Waals surface area contributed by atoms with Crippen molar-refractivity contribution in [3.8, 4) is 0 Å². The van der Waals surface area contributed by atoms with Crippen molar-refractivity contribution < 1.29 is 19.0 Å². The zero-order valence-corrected chi connectivity index (χ0v) is 12.1. The van der Waals surface area contributed by atoms with Gasteiger partial charge in [0.2, 0.25) is 5.91 Å². The summed E-state index contributed by atoms with van der Waals surface area (Å²) < 4.78 is 17.8. The maximum absolute atomic E-state index is 12.8. The highest BCUT2D eigenvalue weighted by molar-refractivity contribution is 5.78. The number of benzene rings is 1. The van der Waals surface area contributed by atoms with Crippen molar-refractivity contribution in [2.24, 2.45) is 5.92 Å². The molecule has 0 aromatic heterocycles. The van der Waals surface area contributed by atoms with E-state index in [2.05, 4.69) is 5.32 Å². The summed E-state index contributed by atoms with van der Waals surface area (Å²) in [6.45, 7) is 3.99. The van der Waals surface area contributed by atoms with E-state index in [1.165, 1.54) is 24.3 Å². The number of ether oxygens (including phenoxy) is 1. The second kappa shape index (κ2) is 7.36. The molecule has 2 N–H and O–H groups in total. The van der Waals surface area contributed by atoms with Crippen molar-refractivity contribution in [3.05, 3.63) is 35.6 Å². The molecule has 20 heavy (non-hydrogen) atoms. The third kappa shape index (κ3) is 4.90. The Hall–Kier alpha value is -1.46. The lowest BCUT2D eigenvalue weighted by atomic mass is 9.95. The largest absolute Gasteiger partial charge is 0.385 e. The predicted octanol–water partition coefficient (Wildman–Crippen LogP) is 1.82. The van der Waals surface area contributed by atoms with Gasteiger partial charge in [0.1, 0.15) is 11.4 Å². The van der Waals surface area contributed by atoms with Gasteiger partial charge in [-0.2, -0.15) is 0 Å². The van der Waals surface area contributed by atoms with E-state index >= 15 is 0 Å². The zero-order valence-electron chi connectivity index (χ0n) is 12.1. The fourth-order valence-electron chi connectivity index (χ4n) is 1.77. The Balaban J connectivity index is 2.54. The number of nitrogens with one attached hydrogen (secondary N) is 1. The van der Waals surface area contributed by atoms with Gasteiger partial charge < -0.3 is 15.2 Å². The summed E-state index contributed by atoms with van der Waals surface area (Å²) in [5.41, 5.74) is -0.673. The smallest absolute Gasteiger partial charge is 0.223 e. The average molecular weight is 283 g/mol. The zero-order chi connectivity index (χ0) is 15.2. The van der Waals surface area contributed by atoms with Gasteiger partial charge in [0.05, 0.1) is 6.54 Å². The molecular formula is C15H22FNO3. The van der Waals surface area contributed by atoms with Gasteiger partial charge in [-0.15, -0.1) is 0 Å². The van der Waals surface area contributed by atoms with Gasteiger partial charge in [-0.05, 0) is 31.0 Å². The van der Waals surface area contributed by atoms with Crippen LogP contribution < -0.4 is 5.32 Å². The Bertz CT molecular complexity index is 431. The number of hydrogen-bond acceptors (Lipinski definition) is 3. The van der Waals surface area contributed by atoms with Crippen LogP contribution in [0.1, 0.15) is 25.8 Å². The van der Waals surface area contributed by atoms with Crippen LogP contribution in [0.15, 0.2) is 24.3 Å². The third-order valence-electron chi connectivity index (χ3n) is 3.28. The van der Waals surface area contributed by atoms with Crippen LogP contribution >= 0.6 is 0 Å². The number of methoxy groups -OCH3 is 1. The monoisotopic (exact) mass is 283 g/mol. The summed E-state index contributed by atoms with van der Waals surface area (Å²) in [7, 11) is 1.59. The molecular weight excluding hydrogens is 261 g/mol. The molecule has 0 saturated carbocycles. The van der Waals surface area contributed by atoms with Crippen LogP contribution in [0.4, 0.5) is 4.39 Å². The van der Waals surface area contributed by atoms with Gasteiger partial charge in [-0.1, -0.05) is 19.1 Å². The minimum atomic E-state index is -1.23. The van der Waals surface area contributed by atoms with Gasteiger partial charge in [0, 0.05) is 19.6 Å². The molecule has 5 heteroatoms. The second-order valence-electron chi connectivity index (χ2n) is 5.18. The molecule has 1 rings (SSSR count). The number of hydrogen-bond donors (Lipinski definition) is 2. The van der Waals surface area contributed by atoms with Crippen LogP contribution in [-0.2, 0) is 15.1 Å². The van der Waals surface area contributed by atoms with E-state index in [0.29, 0.717) is 18.6 Å². The normalized spacial score (nSPS) is 15.4. The van der Waals surface area contributed by atoms with Crippen molar-refractivity contribution in [3.63, 3.8) is 0 Å². The van der Waals surface area contributed by atoms with E-state index in [1.54, 1.807) is 21.0 Å². The second-order valence-corrected chi connectivity index (χ2v) is 5.18. The van der Waals surface area contributed by atoms with E-state index in [0.717, 1.165) is 0 Å². The van der Waals surface area contributed by atoms with E-state index in [-0.39, 0.29) is 24.2 Å². The van der Waals surface area contributed by atoms with Crippen molar-refractivity contribution in [1.82, 2.24) is 5.32 Å². The van der Waals surface area contributed by atoms with Gasteiger partial charge in [0.15, 0.2) is 0 Å². The number of rotatable bonds is 7. The van der Waals surface area contributed by atoms with Crippen molar-refractivity contribution in [2.45, 2.75) is 25.9 Å². The van der Waals surface area contributed by atoms with E-state index in [1.807, 2.05) is 0 Å². The summed E-state index contributed by atoms with van der Waals surface area (Å²) in [6, 6.07) is 5.59. The lowest BCUT2D eigenvalue weighted by Crippen LogP contribution is -2.40. The predicted molar refractivity (Wildman–Crippen MR) is 74.6 cm³/mol. The maximum atomic E-state index is 12.8. The molecule has 1 aromatic rings. The van der Waals surface area contributed by atoms with Crippen LogP contribution in [0.2, 0.25) is 0 Å². The fourth-order valence-corrected chi connectivity index (χ4v) is 1.77. The number of halogens is 1. The summed E-state index contributed by atoms with van der Waals surface area (Å²) in [5.74, 6) is -0.676. The molecule has 4 nitrogen and oxygen atoms in total. The molecule has 112 valence electrons. The van der Waals surface area contributed by atoms with Crippen molar-refractivity contribution in [1.29, 1.82) is 0 Å². The van der Waals surface area contributed by atoms with Crippen molar-refractivity contribution >= 4 is 5.91 Å². The highest BCUT2D eigenvalue weighted by Gasteiger charge is 2.24. The van der Waals surface area contributed by atoms with E-state index in [9.17, 15) is 14.3 Å². The van der Waals surface area contributed by atoms with Crippen LogP contribution in [0.25, 0.3) is 0 Å². The molecule has 0 fully saturated rings. The summed E-state index contributed by atoms with van der Waals surface area (Å²) in [6.07, 6.45) is 0.626. The molecule has 0 heterocycles. The summed E-state index contributed by atoms with van der Waals surface area (Å²) >= 11 is 0. The number of carbonyl (C=O) groups excluding carboxylic acids is 1. The highest BCUT2D eigenvalue weighted by Crippen LogP contribution is 2.20. The number of aliphatic hydroxyl groups is 1. The topological polar surface area (TPSA) is 58.6 Å². The quantitative estimate of drug-likeness (QED) is 0.802. The Morgan fingerprint density at radius 3 is 2.60 bits per heavy atom.